The Hall–Kier alpha value is -6.29. The molecule has 0 radical (unpaired) electrons. The first-order valence-electron chi connectivity index (χ1n) is 18.3. The molecule has 5 heterocycles. The summed E-state index contributed by atoms with van der Waals surface area (Å²) in [6.07, 6.45) is 10.7. The average Bonchev–Trinajstić information content (AvgIpc) is 4.07. The number of carbonyl (C=O) groups is 3. The van der Waals surface area contributed by atoms with Gasteiger partial charge < -0.3 is 34.7 Å². The molecule has 16 nitrogen and oxygen atoms in total. The van der Waals surface area contributed by atoms with Gasteiger partial charge in [-0.1, -0.05) is 48.5 Å². The quantitative estimate of drug-likeness (QED) is 0.0640. The van der Waals surface area contributed by atoms with Crippen molar-refractivity contribution in [3.63, 3.8) is 0 Å². The first-order chi connectivity index (χ1) is 26.8. The second-order valence-corrected chi connectivity index (χ2v) is 13.5. The van der Waals surface area contributed by atoms with E-state index in [1.54, 1.807) is 41.2 Å². The van der Waals surface area contributed by atoms with Crippen molar-refractivity contribution in [2.45, 2.75) is 63.3 Å². The molecule has 2 aliphatic heterocycles. The van der Waals surface area contributed by atoms with Crippen molar-refractivity contribution in [2.75, 3.05) is 27.3 Å². The van der Waals surface area contributed by atoms with E-state index in [-0.39, 0.29) is 30.4 Å². The number of ether oxygens (including phenoxy) is 1. The molecule has 7 rings (SSSR count). The smallest absolute Gasteiger partial charge is 0.407 e. The number of amides is 3. The number of nitrogens with zero attached hydrogens (tertiary/aromatic N) is 7. The number of benzene rings is 2. The third-order valence-corrected chi connectivity index (χ3v) is 10.1. The van der Waals surface area contributed by atoms with Gasteiger partial charge in [-0.05, 0) is 60.9 Å². The molecule has 3 N–H and O–H groups in total. The number of carbonyl (C=O) groups excluding carboxylic acids is 3. The maximum Gasteiger partial charge on any atom is 0.407 e. The molecule has 5 aromatic rings. The lowest BCUT2D eigenvalue weighted by Crippen LogP contribution is -2.50. The van der Waals surface area contributed by atoms with Gasteiger partial charge in [0, 0.05) is 25.5 Å². The van der Waals surface area contributed by atoms with Crippen LogP contribution in [-0.2, 0) is 30.6 Å². The van der Waals surface area contributed by atoms with Gasteiger partial charge in [-0.3, -0.25) is 14.3 Å². The number of imidazole rings is 2. The number of aliphatic imine (C=N–C) groups is 1. The van der Waals surface area contributed by atoms with Gasteiger partial charge in [-0.15, -0.1) is 0 Å². The van der Waals surface area contributed by atoms with E-state index < -0.39 is 18.2 Å². The van der Waals surface area contributed by atoms with Crippen molar-refractivity contribution in [1.82, 2.24) is 44.8 Å². The van der Waals surface area contributed by atoms with Gasteiger partial charge in [0.25, 0.3) is 0 Å². The van der Waals surface area contributed by atoms with E-state index in [9.17, 15) is 14.4 Å². The van der Waals surface area contributed by atoms with Gasteiger partial charge in [0.2, 0.25) is 18.2 Å². The fourth-order valence-corrected chi connectivity index (χ4v) is 7.26. The number of aromatic amines is 2. The number of hydrogen-bond donors (Lipinski definition) is 3. The lowest BCUT2D eigenvalue weighted by molar-refractivity contribution is -0.188. The van der Waals surface area contributed by atoms with Crippen LogP contribution in [0.25, 0.3) is 33.6 Å². The zero-order valence-electron chi connectivity index (χ0n) is 30.9. The van der Waals surface area contributed by atoms with Gasteiger partial charge in [-0.2, -0.15) is 9.99 Å². The molecule has 3 aromatic heterocycles. The van der Waals surface area contributed by atoms with Crippen molar-refractivity contribution in [1.29, 1.82) is 0 Å². The molecule has 0 unspecified atom stereocenters. The molecule has 2 aromatic carbocycles. The number of alkyl carbamates (subject to hydrolysis) is 1. The molecule has 2 saturated heterocycles. The third-order valence-electron chi connectivity index (χ3n) is 10.1. The molecule has 3 amide bonds. The van der Waals surface area contributed by atoms with Crippen LogP contribution in [0.1, 0.15) is 56.3 Å². The number of H-pyrrole nitrogens is 2. The Morgan fingerprint density at radius 2 is 1.40 bits per heavy atom. The minimum atomic E-state index is -0.848. The van der Waals surface area contributed by atoms with E-state index in [4.69, 9.17) is 4.74 Å². The minimum Gasteiger partial charge on any atom is -0.453 e. The Kier molecular flexibility index (Phi) is 11.3. The minimum absolute atomic E-state index is 0.0886. The number of aromatic nitrogens is 6. The van der Waals surface area contributed by atoms with Crippen molar-refractivity contribution < 1.29 is 28.9 Å². The number of methoxy groups -OCH3 is 1. The Morgan fingerprint density at radius 1 is 0.855 bits per heavy atom. The van der Waals surface area contributed by atoms with Crippen LogP contribution in [0.2, 0.25) is 0 Å². The summed E-state index contributed by atoms with van der Waals surface area (Å²) in [5, 5.41) is 6.87. The van der Waals surface area contributed by atoms with Gasteiger partial charge in [0.1, 0.15) is 23.7 Å². The average molecular weight is 749 g/mol. The Morgan fingerprint density at radius 3 is 1.91 bits per heavy atom. The van der Waals surface area contributed by atoms with Crippen LogP contribution in [0, 0.1) is 0 Å². The highest BCUT2D eigenvalue weighted by Gasteiger charge is 2.37. The summed E-state index contributed by atoms with van der Waals surface area (Å²) in [6.45, 7) is 3.11. The van der Waals surface area contributed by atoms with Crippen molar-refractivity contribution in [3.05, 3.63) is 91.0 Å². The first kappa shape index (κ1) is 37.0. The lowest BCUT2D eigenvalue weighted by Gasteiger charge is -2.28. The highest BCUT2D eigenvalue weighted by atomic mass is 17.2. The molecule has 0 saturated carbocycles. The zero-order chi connectivity index (χ0) is 38.3. The van der Waals surface area contributed by atoms with Gasteiger partial charge in [0.05, 0.1) is 56.6 Å². The second-order valence-electron chi connectivity index (χ2n) is 13.5. The SMILES string of the molecule is COOC=N[C@@H](C)C(=O)N1CCC[C@H]1c1ncc(-c2ccc(-c3ccc(-c4cnc([C@@H]5CCCN5C(=O)[C@@H](Cn5cccn5)NC(=O)OC)[nH]4)cc3)cc2)[nH]1. The molecule has 16 heteroatoms. The Balaban J connectivity index is 0.993. The lowest BCUT2D eigenvalue weighted by atomic mass is 10.0. The number of likely N-dealkylation sites (tertiary alicyclic amines) is 2. The maximum absolute atomic E-state index is 13.7. The van der Waals surface area contributed by atoms with Crippen molar-refractivity contribution in [2.24, 2.45) is 4.99 Å². The van der Waals surface area contributed by atoms with Crippen LogP contribution in [0.3, 0.4) is 0 Å². The molecular weight excluding hydrogens is 704 g/mol. The predicted octanol–water partition coefficient (Wildman–Crippen LogP) is 5.08. The highest BCUT2D eigenvalue weighted by molar-refractivity contribution is 5.86. The molecule has 2 fully saturated rings. The maximum atomic E-state index is 13.7. The summed E-state index contributed by atoms with van der Waals surface area (Å²) in [7, 11) is 2.65. The van der Waals surface area contributed by atoms with E-state index in [2.05, 4.69) is 81.5 Å². The fourth-order valence-electron chi connectivity index (χ4n) is 7.26. The molecule has 55 heavy (non-hydrogen) atoms. The second kappa shape index (κ2) is 16.8. The Bertz CT molecular complexity index is 2090. The van der Waals surface area contributed by atoms with E-state index in [1.165, 1.54) is 14.2 Å². The third kappa shape index (κ3) is 8.28. The summed E-state index contributed by atoms with van der Waals surface area (Å²) in [4.78, 5) is 72.1. The number of nitrogens with one attached hydrogen (secondary N) is 3. The van der Waals surface area contributed by atoms with Gasteiger partial charge in [-0.25, -0.2) is 19.8 Å². The number of hydrogen-bond acceptors (Lipinski definition) is 10. The summed E-state index contributed by atoms with van der Waals surface area (Å²) in [5.41, 5.74) is 5.79. The highest BCUT2D eigenvalue weighted by Crippen LogP contribution is 2.34. The molecule has 286 valence electrons. The van der Waals surface area contributed by atoms with Crippen LogP contribution in [0.15, 0.2) is 84.4 Å². The van der Waals surface area contributed by atoms with Gasteiger partial charge >= 0.3 is 6.09 Å². The number of rotatable bonds is 13. The summed E-state index contributed by atoms with van der Waals surface area (Å²) < 4.78 is 6.40. The molecule has 0 aliphatic carbocycles. The predicted molar refractivity (Wildman–Crippen MR) is 202 cm³/mol. The summed E-state index contributed by atoms with van der Waals surface area (Å²) in [5.74, 6) is 1.14. The normalized spacial score (nSPS) is 18.1. The molecular formula is C39H44N10O6. The van der Waals surface area contributed by atoms with Crippen LogP contribution in [-0.4, -0.2) is 103 Å². The summed E-state index contributed by atoms with van der Waals surface area (Å²) in [6, 6.07) is 16.4. The monoisotopic (exact) mass is 748 g/mol. The Labute approximate surface area is 317 Å². The van der Waals surface area contributed by atoms with Crippen LogP contribution in [0.4, 0.5) is 4.79 Å². The molecule has 0 spiro atoms. The molecule has 0 bridgehead atoms. The van der Waals surface area contributed by atoms with Crippen LogP contribution in [0.5, 0.6) is 0 Å². The van der Waals surface area contributed by atoms with E-state index in [1.807, 2.05) is 23.2 Å². The van der Waals surface area contributed by atoms with Crippen molar-refractivity contribution in [3.8, 4) is 33.6 Å². The van der Waals surface area contributed by atoms with Crippen molar-refractivity contribution >= 4 is 24.3 Å². The van der Waals surface area contributed by atoms with Crippen LogP contribution >= 0.6 is 0 Å². The largest absolute Gasteiger partial charge is 0.453 e. The van der Waals surface area contributed by atoms with Gasteiger partial charge in [0.15, 0.2) is 0 Å². The van der Waals surface area contributed by atoms with Crippen LogP contribution < -0.4 is 5.32 Å². The topological polar surface area (TPSA) is 185 Å². The zero-order valence-corrected chi connectivity index (χ0v) is 30.9. The van der Waals surface area contributed by atoms with E-state index >= 15 is 0 Å². The fraction of sp³-hybridized carbons (Fsp3) is 0.359. The molecule has 4 atom stereocenters. The summed E-state index contributed by atoms with van der Waals surface area (Å²) >= 11 is 0. The first-order valence-corrected chi connectivity index (χ1v) is 18.3. The van der Waals surface area contributed by atoms with E-state index in [0.29, 0.717) is 18.9 Å². The molecule has 2 aliphatic rings. The standard InChI is InChI=1S/C39H44N10O6/c1-25(42-24-55-54-3)37(50)48-19-4-7-33(48)35-40-21-30(44-35)28-13-9-26(10-14-28)27-11-15-29(16-12-27)31-22-41-36(45-31)34-8-5-20-49(34)38(51)32(46-39(52)53-2)23-47-18-6-17-43-47/h6,9-18,21-22,24-25,32-34H,4-5,7-8,19-20,23H2,1-3H3,(H,40,44)(H,41,45)(H,46,52)/t25-,32+,33-,34-/m0/s1. The van der Waals surface area contributed by atoms with E-state index in [0.717, 1.165) is 71.6 Å².